The molecule has 3 nitrogen and oxygen atoms in total. The van der Waals surface area contributed by atoms with Gasteiger partial charge in [0.25, 0.3) is 0 Å². The summed E-state index contributed by atoms with van der Waals surface area (Å²) in [5.74, 6) is 0. The molecule has 0 unspecified atom stereocenters. The fraction of sp³-hybridized carbons (Fsp3) is 0.0833. The van der Waals surface area contributed by atoms with Crippen LogP contribution in [0, 0.1) is 0 Å². The van der Waals surface area contributed by atoms with Gasteiger partial charge in [-0.1, -0.05) is 36.4 Å². The van der Waals surface area contributed by atoms with Crippen LogP contribution in [-0.4, -0.2) is 4.98 Å². The van der Waals surface area contributed by atoms with E-state index in [4.69, 9.17) is 5.73 Å². The summed E-state index contributed by atoms with van der Waals surface area (Å²) in [7, 11) is 0. The number of nitrogens with one attached hydrogen (secondary N) is 1. The molecule has 76 valence electrons. The molecule has 3 heteroatoms. The summed E-state index contributed by atoms with van der Waals surface area (Å²) >= 11 is 0. The maximum absolute atomic E-state index is 10.9. The van der Waals surface area contributed by atoms with Crippen LogP contribution in [0.5, 0.6) is 0 Å². The molecule has 1 atom stereocenters. The first-order valence-corrected chi connectivity index (χ1v) is 4.76. The largest absolute Gasteiger partial charge is 0.329 e. The minimum atomic E-state index is -0.192. The van der Waals surface area contributed by atoms with E-state index in [0.29, 0.717) is 0 Å². The van der Waals surface area contributed by atoms with Gasteiger partial charge in [0.05, 0.1) is 6.04 Å². The Balaban J connectivity index is 2.32. The molecule has 2 rings (SSSR count). The standard InChI is InChI=1S/C12H12N2O/c13-12(9-4-2-1-3-5-9)10-6-7-11(15)14-8-10/h1-8,12H,13H2,(H,14,15)/t12-/m1/s1. The topological polar surface area (TPSA) is 58.9 Å². The number of hydrogen-bond acceptors (Lipinski definition) is 2. The van der Waals surface area contributed by atoms with Gasteiger partial charge in [-0.15, -0.1) is 0 Å². The number of aromatic amines is 1. The van der Waals surface area contributed by atoms with Gasteiger partial charge in [-0.2, -0.15) is 0 Å². The molecule has 1 aromatic heterocycles. The van der Waals surface area contributed by atoms with Crippen LogP contribution in [0.3, 0.4) is 0 Å². The minimum Gasteiger partial charge on any atom is -0.329 e. The van der Waals surface area contributed by atoms with Crippen molar-refractivity contribution in [1.82, 2.24) is 4.98 Å². The van der Waals surface area contributed by atoms with Crippen LogP contribution < -0.4 is 11.3 Å². The third kappa shape index (κ3) is 2.14. The minimum absolute atomic E-state index is 0.112. The quantitative estimate of drug-likeness (QED) is 0.770. The number of benzene rings is 1. The van der Waals surface area contributed by atoms with Crippen LogP contribution in [0.4, 0.5) is 0 Å². The zero-order chi connectivity index (χ0) is 10.7. The highest BCUT2D eigenvalue weighted by Crippen LogP contribution is 2.16. The van der Waals surface area contributed by atoms with E-state index in [1.807, 2.05) is 30.3 Å². The Labute approximate surface area is 87.6 Å². The highest BCUT2D eigenvalue weighted by Gasteiger charge is 2.07. The number of aromatic nitrogens is 1. The van der Waals surface area contributed by atoms with Crippen molar-refractivity contribution in [3.8, 4) is 0 Å². The van der Waals surface area contributed by atoms with Gasteiger partial charge in [-0.3, -0.25) is 4.79 Å². The molecule has 0 saturated carbocycles. The predicted octanol–water partition coefficient (Wildman–Crippen LogP) is 1.42. The molecule has 0 aliphatic carbocycles. The Hall–Kier alpha value is -1.87. The maximum atomic E-state index is 10.9. The second-order valence-corrected chi connectivity index (χ2v) is 3.37. The van der Waals surface area contributed by atoms with Crippen LogP contribution >= 0.6 is 0 Å². The average molecular weight is 200 g/mol. The first-order valence-electron chi connectivity index (χ1n) is 4.76. The van der Waals surface area contributed by atoms with E-state index in [-0.39, 0.29) is 11.6 Å². The Morgan fingerprint density at radius 1 is 1.00 bits per heavy atom. The number of rotatable bonds is 2. The van der Waals surface area contributed by atoms with Crippen LogP contribution in [0.2, 0.25) is 0 Å². The Morgan fingerprint density at radius 2 is 1.73 bits per heavy atom. The van der Waals surface area contributed by atoms with E-state index >= 15 is 0 Å². The van der Waals surface area contributed by atoms with Gasteiger partial charge < -0.3 is 10.7 Å². The molecule has 1 aromatic carbocycles. The lowest BCUT2D eigenvalue weighted by Gasteiger charge is -2.11. The lowest BCUT2D eigenvalue weighted by atomic mass is 10.0. The monoisotopic (exact) mass is 200 g/mol. The van der Waals surface area contributed by atoms with Crippen molar-refractivity contribution >= 4 is 0 Å². The summed E-state index contributed by atoms with van der Waals surface area (Å²) in [5, 5.41) is 0. The SMILES string of the molecule is N[C@H](c1ccccc1)c1ccc(=O)[nH]c1. The van der Waals surface area contributed by atoms with Gasteiger partial charge in [0, 0.05) is 12.3 Å². The lowest BCUT2D eigenvalue weighted by Crippen LogP contribution is -2.14. The molecular weight excluding hydrogens is 188 g/mol. The Bertz CT molecular complexity index is 470. The lowest BCUT2D eigenvalue weighted by molar-refractivity contribution is 0.861. The summed E-state index contributed by atoms with van der Waals surface area (Å²) in [6.45, 7) is 0. The third-order valence-electron chi connectivity index (χ3n) is 2.33. The van der Waals surface area contributed by atoms with E-state index in [1.54, 1.807) is 12.3 Å². The van der Waals surface area contributed by atoms with Gasteiger partial charge in [0.1, 0.15) is 0 Å². The molecule has 0 saturated heterocycles. The molecule has 0 aliphatic rings. The molecular formula is C12H12N2O. The molecule has 0 amide bonds. The van der Waals surface area contributed by atoms with Gasteiger partial charge in [0.2, 0.25) is 5.56 Å². The van der Waals surface area contributed by atoms with Crippen molar-refractivity contribution in [2.45, 2.75) is 6.04 Å². The summed E-state index contributed by atoms with van der Waals surface area (Å²) in [5.41, 5.74) is 7.87. The van der Waals surface area contributed by atoms with Gasteiger partial charge in [-0.05, 0) is 11.1 Å². The molecule has 0 bridgehead atoms. The van der Waals surface area contributed by atoms with Gasteiger partial charge in [-0.25, -0.2) is 0 Å². The fourth-order valence-corrected chi connectivity index (χ4v) is 1.47. The van der Waals surface area contributed by atoms with Crippen molar-refractivity contribution in [3.63, 3.8) is 0 Å². The molecule has 0 fully saturated rings. The second kappa shape index (κ2) is 4.11. The molecule has 1 heterocycles. The number of H-pyrrole nitrogens is 1. The van der Waals surface area contributed by atoms with Crippen molar-refractivity contribution in [2.75, 3.05) is 0 Å². The zero-order valence-corrected chi connectivity index (χ0v) is 8.18. The molecule has 15 heavy (non-hydrogen) atoms. The van der Waals surface area contributed by atoms with Crippen LogP contribution in [0.25, 0.3) is 0 Å². The smallest absolute Gasteiger partial charge is 0.247 e. The fourth-order valence-electron chi connectivity index (χ4n) is 1.47. The molecule has 0 spiro atoms. The molecule has 3 N–H and O–H groups in total. The first-order chi connectivity index (χ1) is 7.27. The van der Waals surface area contributed by atoms with Crippen molar-refractivity contribution < 1.29 is 0 Å². The van der Waals surface area contributed by atoms with Crippen LogP contribution in [-0.2, 0) is 0 Å². The number of pyridine rings is 1. The molecule has 2 aromatic rings. The highest BCUT2D eigenvalue weighted by atomic mass is 16.1. The van der Waals surface area contributed by atoms with Gasteiger partial charge >= 0.3 is 0 Å². The zero-order valence-electron chi connectivity index (χ0n) is 8.18. The summed E-state index contributed by atoms with van der Waals surface area (Å²) in [4.78, 5) is 13.5. The number of nitrogens with two attached hydrogens (primary N) is 1. The first kappa shape index (κ1) is 9.68. The van der Waals surface area contributed by atoms with Crippen molar-refractivity contribution in [2.24, 2.45) is 5.73 Å². The average Bonchev–Trinajstić information content (AvgIpc) is 2.30. The van der Waals surface area contributed by atoms with Gasteiger partial charge in [0.15, 0.2) is 0 Å². The number of hydrogen-bond donors (Lipinski definition) is 2. The van der Waals surface area contributed by atoms with E-state index < -0.39 is 0 Å². The molecule has 0 radical (unpaired) electrons. The van der Waals surface area contributed by atoms with E-state index in [1.165, 1.54) is 6.07 Å². The Kier molecular flexibility index (Phi) is 2.65. The van der Waals surface area contributed by atoms with Crippen LogP contribution in [0.1, 0.15) is 17.2 Å². The van der Waals surface area contributed by atoms with E-state index in [9.17, 15) is 4.79 Å². The third-order valence-corrected chi connectivity index (χ3v) is 2.33. The maximum Gasteiger partial charge on any atom is 0.247 e. The predicted molar refractivity (Wildman–Crippen MR) is 59.5 cm³/mol. The highest BCUT2D eigenvalue weighted by molar-refractivity contribution is 5.28. The van der Waals surface area contributed by atoms with Crippen molar-refractivity contribution in [3.05, 3.63) is 70.1 Å². The molecule has 0 aliphatic heterocycles. The van der Waals surface area contributed by atoms with Crippen LogP contribution in [0.15, 0.2) is 53.5 Å². The summed E-state index contributed by atoms with van der Waals surface area (Å²) < 4.78 is 0. The summed E-state index contributed by atoms with van der Waals surface area (Å²) in [6, 6.07) is 12.8. The second-order valence-electron chi connectivity index (χ2n) is 3.37. The van der Waals surface area contributed by atoms with Crippen molar-refractivity contribution in [1.29, 1.82) is 0 Å². The van der Waals surface area contributed by atoms with E-state index in [0.717, 1.165) is 11.1 Å². The Morgan fingerprint density at radius 3 is 2.33 bits per heavy atom. The summed E-state index contributed by atoms with van der Waals surface area (Å²) in [6.07, 6.45) is 1.65. The normalized spacial score (nSPS) is 12.3. The van der Waals surface area contributed by atoms with E-state index in [2.05, 4.69) is 4.98 Å².